The van der Waals surface area contributed by atoms with Crippen LogP contribution in [-0.4, -0.2) is 56.1 Å². The molecule has 2 heterocycles. The lowest BCUT2D eigenvalue weighted by Crippen LogP contribution is -2.47. The molecule has 2 atom stereocenters. The summed E-state index contributed by atoms with van der Waals surface area (Å²) in [6.45, 7) is 8.04. The number of fused-ring (bicyclic) bond motifs is 3. The maximum absolute atomic E-state index is 15.5. The molecule has 0 N–H and O–H groups in total. The van der Waals surface area contributed by atoms with Gasteiger partial charge in [-0.25, -0.2) is 4.39 Å². The summed E-state index contributed by atoms with van der Waals surface area (Å²) < 4.78 is 38.5. The third-order valence-electron chi connectivity index (χ3n) is 6.38. The number of hydrogen-bond donors (Lipinski definition) is 0. The van der Waals surface area contributed by atoms with Crippen LogP contribution in [0.15, 0.2) is 6.07 Å². The topological polar surface area (TPSA) is 40.2 Å². The zero-order valence-electron chi connectivity index (χ0n) is 18.3. The average Bonchev–Trinajstić information content (AvgIpc) is 2.63. The quantitative estimate of drug-likeness (QED) is 0.729. The average molecular weight is 408 g/mol. The predicted molar refractivity (Wildman–Crippen MR) is 109 cm³/mol. The van der Waals surface area contributed by atoms with Crippen molar-refractivity contribution in [3.05, 3.63) is 23.0 Å². The molecule has 0 bridgehead atoms. The highest BCUT2D eigenvalue weighted by molar-refractivity contribution is 5.51. The largest absolute Gasteiger partial charge is 0.493 e. The van der Waals surface area contributed by atoms with Crippen LogP contribution < -0.4 is 9.47 Å². The maximum Gasteiger partial charge on any atom is 0.197 e. The summed E-state index contributed by atoms with van der Waals surface area (Å²) in [6, 6.07) is 2.22. The van der Waals surface area contributed by atoms with E-state index in [1.807, 2.05) is 6.07 Å². The molecule has 162 valence electrons. The van der Waals surface area contributed by atoms with Gasteiger partial charge < -0.3 is 18.9 Å². The molecule has 0 aromatic heterocycles. The fourth-order valence-corrected chi connectivity index (χ4v) is 4.91. The lowest BCUT2D eigenvalue weighted by molar-refractivity contribution is -0.0972. The van der Waals surface area contributed by atoms with Crippen molar-refractivity contribution < 1.29 is 23.3 Å². The van der Waals surface area contributed by atoms with E-state index in [0.717, 1.165) is 49.9 Å². The molecule has 2 unspecified atom stereocenters. The van der Waals surface area contributed by atoms with Crippen LogP contribution in [0, 0.1) is 5.82 Å². The first kappa shape index (κ1) is 20.9. The zero-order valence-corrected chi connectivity index (χ0v) is 18.3. The lowest BCUT2D eigenvalue weighted by atomic mass is 9.85. The third kappa shape index (κ3) is 4.25. The molecule has 1 saturated carbocycles. The summed E-state index contributed by atoms with van der Waals surface area (Å²) in [7, 11) is 3.29. The van der Waals surface area contributed by atoms with Crippen LogP contribution in [-0.2, 0) is 15.9 Å². The van der Waals surface area contributed by atoms with Gasteiger partial charge in [0.2, 0.25) is 0 Å². The van der Waals surface area contributed by atoms with Gasteiger partial charge in [0, 0.05) is 39.1 Å². The first-order valence-corrected chi connectivity index (χ1v) is 10.8. The molecular weight excluding hydrogens is 373 g/mol. The molecule has 2 fully saturated rings. The molecule has 1 aromatic carbocycles. The van der Waals surface area contributed by atoms with Crippen LogP contribution in [0.25, 0.3) is 0 Å². The molecule has 0 radical (unpaired) electrons. The Bertz CT molecular complexity index is 741. The number of hydrogen-bond acceptors (Lipinski definition) is 5. The van der Waals surface area contributed by atoms with Crippen molar-refractivity contribution in [3.8, 4) is 11.5 Å². The van der Waals surface area contributed by atoms with Crippen LogP contribution >= 0.6 is 0 Å². The number of rotatable bonds is 5. The molecule has 0 amide bonds. The van der Waals surface area contributed by atoms with E-state index in [9.17, 15) is 0 Å². The fourth-order valence-electron chi connectivity index (χ4n) is 4.91. The summed E-state index contributed by atoms with van der Waals surface area (Å²) in [5.41, 5.74) is 1.70. The molecule has 1 saturated heterocycles. The second-order valence-electron chi connectivity index (χ2n) is 9.55. The van der Waals surface area contributed by atoms with Crippen molar-refractivity contribution in [1.82, 2.24) is 4.90 Å². The van der Waals surface area contributed by atoms with Crippen molar-refractivity contribution >= 4 is 0 Å². The summed E-state index contributed by atoms with van der Waals surface area (Å²) in [6.07, 6.45) is 4.66. The number of benzene rings is 1. The minimum atomic E-state index is -0.243. The summed E-state index contributed by atoms with van der Waals surface area (Å²) >= 11 is 0. The second-order valence-corrected chi connectivity index (χ2v) is 9.55. The van der Waals surface area contributed by atoms with Crippen LogP contribution in [0.5, 0.6) is 11.5 Å². The monoisotopic (exact) mass is 407 g/mol. The normalized spacial score (nSPS) is 29.6. The standard InChI is InChI=1S/C23H34FNO4/c1-23(2,3)29-14-6-7-19-18-12-20(27-5)22(28-16-10-15(11-16)26-4)21(24)17(18)8-9-25(19)13-14/h12,14-16,19H,6-11,13H2,1-5H3. The summed E-state index contributed by atoms with van der Waals surface area (Å²) in [5.74, 6) is 0.522. The minimum absolute atomic E-state index is 0.00789. The molecule has 1 aromatic rings. The second kappa shape index (κ2) is 8.05. The highest BCUT2D eigenvalue weighted by Crippen LogP contribution is 2.45. The first-order valence-electron chi connectivity index (χ1n) is 10.8. The summed E-state index contributed by atoms with van der Waals surface area (Å²) in [5, 5.41) is 0. The molecular formula is C23H34FNO4. The van der Waals surface area contributed by atoms with Gasteiger partial charge in [0.05, 0.1) is 24.9 Å². The smallest absolute Gasteiger partial charge is 0.197 e. The number of ether oxygens (including phenoxy) is 4. The Morgan fingerprint density at radius 2 is 1.83 bits per heavy atom. The van der Waals surface area contributed by atoms with Crippen LogP contribution in [0.3, 0.4) is 0 Å². The molecule has 4 rings (SSSR count). The third-order valence-corrected chi connectivity index (χ3v) is 6.38. The van der Waals surface area contributed by atoms with Gasteiger partial charge in [-0.15, -0.1) is 0 Å². The first-order chi connectivity index (χ1) is 13.8. The number of methoxy groups -OCH3 is 2. The van der Waals surface area contributed by atoms with Crippen molar-refractivity contribution in [2.45, 2.75) is 82.8 Å². The molecule has 3 aliphatic rings. The van der Waals surface area contributed by atoms with Crippen LogP contribution in [0.1, 0.15) is 63.6 Å². The fraction of sp³-hybridized carbons (Fsp3) is 0.739. The number of halogens is 1. The summed E-state index contributed by atoms with van der Waals surface area (Å²) in [4.78, 5) is 2.44. The van der Waals surface area contributed by atoms with Gasteiger partial charge in [0.25, 0.3) is 0 Å². The van der Waals surface area contributed by atoms with E-state index in [-0.39, 0.29) is 41.5 Å². The minimum Gasteiger partial charge on any atom is -0.493 e. The molecule has 1 aliphatic carbocycles. The van der Waals surface area contributed by atoms with E-state index < -0.39 is 0 Å². The molecule has 2 aliphatic heterocycles. The van der Waals surface area contributed by atoms with Gasteiger partial charge in [0.15, 0.2) is 17.3 Å². The highest BCUT2D eigenvalue weighted by Gasteiger charge is 2.39. The van der Waals surface area contributed by atoms with Crippen molar-refractivity contribution in [3.63, 3.8) is 0 Å². The molecule has 5 nitrogen and oxygen atoms in total. The van der Waals surface area contributed by atoms with E-state index in [1.165, 1.54) is 0 Å². The van der Waals surface area contributed by atoms with Gasteiger partial charge in [-0.1, -0.05) is 0 Å². The predicted octanol–water partition coefficient (Wildman–Crippen LogP) is 4.27. The van der Waals surface area contributed by atoms with Gasteiger partial charge in [-0.3, -0.25) is 4.90 Å². The van der Waals surface area contributed by atoms with Crippen LogP contribution in [0.4, 0.5) is 4.39 Å². The number of piperidine rings is 1. The van der Waals surface area contributed by atoms with Gasteiger partial charge >= 0.3 is 0 Å². The van der Waals surface area contributed by atoms with E-state index in [0.29, 0.717) is 12.2 Å². The molecule has 0 spiro atoms. The Labute approximate surface area is 173 Å². The van der Waals surface area contributed by atoms with Gasteiger partial charge in [0.1, 0.15) is 6.10 Å². The van der Waals surface area contributed by atoms with Crippen molar-refractivity contribution in [2.75, 3.05) is 27.3 Å². The Balaban J connectivity index is 1.54. The Morgan fingerprint density at radius 3 is 2.48 bits per heavy atom. The Kier molecular flexibility index (Phi) is 5.79. The van der Waals surface area contributed by atoms with Gasteiger partial charge in [-0.05, 0) is 57.2 Å². The lowest BCUT2D eigenvalue weighted by Gasteiger charge is -2.45. The Morgan fingerprint density at radius 1 is 1.07 bits per heavy atom. The zero-order chi connectivity index (χ0) is 20.8. The number of nitrogens with zero attached hydrogens (tertiary/aromatic N) is 1. The van der Waals surface area contributed by atoms with Crippen molar-refractivity contribution in [2.24, 2.45) is 0 Å². The molecule has 29 heavy (non-hydrogen) atoms. The van der Waals surface area contributed by atoms with E-state index in [4.69, 9.17) is 18.9 Å². The van der Waals surface area contributed by atoms with Crippen molar-refractivity contribution in [1.29, 1.82) is 0 Å². The van der Waals surface area contributed by atoms with E-state index in [2.05, 4.69) is 25.7 Å². The van der Waals surface area contributed by atoms with Crippen LogP contribution in [0.2, 0.25) is 0 Å². The molecule has 6 heteroatoms. The SMILES string of the molecule is COc1cc2c(c(F)c1OC1CC(OC)C1)CCN1CC(OC(C)(C)C)CCC21. The van der Waals surface area contributed by atoms with E-state index in [1.54, 1.807) is 14.2 Å². The highest BCUT2D eigenvalue weighted by atomic mass is 19.1. The van der Waals surface area contributed by atoms with Gasteiger partial charge in [-0.2, -0.15) is 0 Å². The maximum atomic E-state index is 15.5. The van der Waals surface area contributed by atoms with E-state index >= 15 is 4.39 Å². The Hall–Kier alpha value is -1.37.